The van der Waals surface area contributed by atoms with Gasteiger partial charge in [0.1, 0.15) is 5.75 Å². The second-order valence-electron chi connectivity index (χ2n) is 6.22. The molecule has 4 rings (SSSR count). The number of nitrogens with one attached hydrogen (secondary N) is 1. The van der Waals surface area contributed by atoms with Crippen LogP contribution >= 0.6 is 11.6 Å². The van der Waals surface area contributed by atoms with Crippen molar-refractivity contribution in [3.8, 4) is 17.0 Å². The lowest BCUT2D eigenvalue weighted by molar-refractivity contribution is 0.102. The predicted octanol–water partition coefficient (Wildman–Crippen LogP) is 5.82. The molecule has 138 valence electrons. The van der Waals surface area contributed by atoms with Gasteiger partial charge >= 0.3 is 0 Å². The highest BCUT2D eigenvalue weighted by Crippen LogP contribution is 2.34. The van der Waals surface area contributed by atoms with Gasteiger partial charge in [0, 0.05) is 16.6 Å². The van der Waals surface area contributed by atoms with E-state index in [4.69, 9.17) is 21.3 Å². The zero-order chi connectivity index (χ0) is 19.5. The molecule has 0 saturated heterocycles. The van der Waals surface area contributed by atoms with Crippen molar-refractivity contribution in [1.29, 1.82) is 0 Å². The molecule has 0 atom stereocenters. The number of benzene rings is 3. The van der Waals surface area contributed by atoms with Gasteiger partial charge in [-0.3, -0.25) is 4.79 Å². The number of aromatic nitrogens is 1. The normalized spacial score (nSPS) is 10.6. The van der Waals surface area contributed by atoms with Gasteiger partial charge in [0.15, 0.2) is 0 Å². The van der Waals surface area contributed by atoms with Gasteiger partial charge in [0.2, 0.25) is 0 Å². The van der Waals surface area contributed by atoms with E-state index < -0.39 is 0 Å². The van der Waals surface area contributed by atoms with Gasteiger partial charge < -0.3 is 10.1 Å². The number of halogens is 1. The molecule has 1 amide bonds. The number of amides is 1. The second kappa shape index (κ2) is 7.71. The molecule has 1 heterocycles. The summed E-state index contributed by atoms with van der Waals surface area (Å²) in [5, 5.41) is 4.03. The standard InChI is InChI=1S/C23H17ClN2O2/c1-28-17-13-11-16(12-14-17)25-23(27)20-21(24)18-9-5-6-10-19(18)26-22(20)15-7-3-2-4-8-15/h2-14H,1H3,(H,25,27). The number of anilines is 1. The lowest BCUT2D eigenvalue weighted by Gasteiger charge is -2.14. The first-order valence-electron chi connectivity index (χ1n) is 8.76. The molecule has 4 nitrogen and oxygen atoms in total. The molecule has 0 saturated carbocycles. The monoisotopic (exact) mass is 388 g/mol. The molecule has 3 aromatic carbocycles. The fourth-order valence-corrected chi connectivity index (χ4v) is 3.39. The Hall–Kier alpha value is -3.37. The highest BCUT2D eigenvalue weighted by Gasteiger charge is 2.21. The SMILES string of the molecule is COc1ccc(NC(=O)c2c(-c3ccccc3)nc3ccccc3c2Cl)cc1. The molecular formula is C23H17ClN2O2. The molecule has 0 aliphatic carbocycles. The number of rotatable bonds is 4. The van der Waals surface area contributed by atoms with Gasteiger partial charge in [-0.2, -0.15) is 0 Å². The Morgan fingerprint density at radius 1 is 0.929 bits per heavy atom. The maximum atomic E-state index is 13.2. The maximum Gasteiger partial charge on any atom is 0.259 e. The van der Waals surface area contributed by atoms with Crippen LogP contribution in [0.4, 0.5) is 5.69 Å². The van der Waals surface area contributed by atoms with E-state index in [0.29, 0.717) is 27.7 Å². The molecule has 0 spiro atoms. The van der Waals surface area contributed by atoms with Crippen molar-refractivity contribution in [2.24, 2.45) is 0 Å². The second-order valence-corrected chi connectivity index (χ2v) is 6.59. The van der Waals surface area contributed by atoms with Crippen LogP contribution in [0.25, 0.3) is 22.2 Å². The minimum absolute atomic E-state index is 0.313. The third-order valence-electron chi connectivity index (χ3n) is 4.45. The lowest BCUT2D eigenvalue weighted by atomic mass is 10.0. The summed E-state index contributed by atoms with van der Waals surface area (Å²) in [7, 11) is 1.60. The summed E-state index contributed by atoms with van der Waals surface area (Å²) in [5.41, 5.74) is 3.12. The number of nitrogens with zero attached hydrogens (tertiary/aromatic N) is 1. The van der Waals surface area contributed by atoms with E-state index in [1.807, 2.05) is 54.6 Å². The fourth-order valence-electron chi connectivity index (χ4n) is 3.05. The van der Waals surface area contributed by atoms with Crippen LogP contribution in [0.15, 0.2) is 78.9 Å². The summed E-state index contributed by atoms with van der Waals surface area (Å²) >= 11 is 6.68. The van der Waals surface area contributed by atoms with Crippen LogP contribution in [0.2, 0.25) is 5.02 Å². The molecule has 1 N–H and O–H groups in total. The van der Waals surface area contributed by atoms with E-state index >= 15 is 0 Å². The highest BCUT2D eigenvalue weighted by molar-refractivity contribution is 6.39. The van der Waals surface area contributed by atoms with Crippen LogP contribution in [0.1, 0.15) is 10.4 Å². The van der Waals surface area contributed by atoms with E-state index in [-0.39, 0.29) is 5.91 Å². The first-order chi connectivity index (χ1) is 13.7. The Morgan fingerprint density at radius 3 is 2.32 bits per heavy atom. The summed E-state index contributed by atoms with van der Waals surface area (Å²) in [6.07, 6.45) is 0. The molecule has 0 radical (unpaired) electrons. The minimum atomic E-state index is -0.313. The van der Waals surface area contributed by atoms with E-state index in [1.165, 1.54) is 0 Å². The van der Waals surface area contributed by atoms with Crippen molar-refractivity contribution in [1.82, 2.24) is 4.98 Å². The van der Waals surface area contributed by atoms with Gasteiger partial charge in [-0.05, 0) is 30.3 Å². The number of hydrogen-bond donors (Lipinski definition) is 1. The topological polar surface area (TPSA) is 51.2 Å². The van der Waals surface area contributed by atoms with Crippen molar-refractivity contribution in [2.45, 2.75) is 0 Å². The number of hydrogen-bond acceptors (Lipinski definition) is 3. The van der Waals surface area contributed by atoms with Crippen LogP contribution in [-0.2, 0) is 0 Å². The number of fused-ring (bicyclic) bond motifs is 1. The van der Waals surface area contributed by atoms with Gasteiger partial charge in [-0.25, -0.2) is 4.98 Å². The van der Waals surface area contributed by atoms with Crippen LogP contribution < -0.4 is 10.1 Å². The summed E-state index contributed by atoms with van der Waals surface area (Å²) in [6, 6.07) is 24.2. The van der Waals surface area contributed by atoms with Gasteiger partial charge in [0.25, 0.3) is 5.91 Å². The largest absolute Gasteiger partial charge is 0.497 e. The highest BCUT2D eigenvalue weighted by atomic mass is 35.5. The Labute approximate surface area is 167 Å². The van der Waals surface area contributed by atoms with Crippen molar-refractivity contribution >= 4 is 34.1 Å². The number of methoxy groups -OCH3 is 1. The van der Waals surface area contributed by atoms with Crippen molar-refractivity contribution in [2.75, 3.05) is 12.4 Å². The zero-order valence-electron chi connectivity index (χ0n) is 15.1. The summed E-state index contributed by atoms with van der Waals surface area (Å²) in [4.78, 5) is 17.9. The van der Waals surface area contributed by atoms with Crippen LogP contribution in [-0.4, -0.2) is 18.0 Å². The number of carbonyl (C=O) groups is 1. The van der Waals surface area contributed by atoms with Crippen molar-refractivity contribution in [3.05, 3.63) is 89.4 Å². The lowest BCUT2D eigenvalue weighted by Crippen LogP contribution is -2.15. The van der Waals surface area contributed by atoms with Gasteiger partial charge in [-0.15, -0.1) is 0 Å². The number of pyridine rings is 1. The average Bonchev–Trinajstić information content (AvgIpc) is 2.74. The quantitative estimate of drug-likeness (QED) is 0.479. The third-order valence-corrected chi connectivity index (χ3v) is 4.84. The number of para-hydroxylation sites is 1. The van der Waals surface area contributed by atoms with Crippen LogP contribution in [0, 0.1) is 0 Å². The van der Waals surface area contributed by atoms with Gasteiger partial charge in [0.05, 0.1) is 28.9 Å². The number of ether oxygens (including phenoxy) is 1. The summed E-state index contributed by atoms with van der Waals surface area (Å²) in [5.74, 6) is 0.403. The van der Waals surface area contributed by atoms with Gasteiger partial charge in [-0.1, -0.05) is 60.1 Å². The molecule has 28 heavy (non-hydrogen) atoms. The molecule has 5 heteroatoms. The van der Waals surface area contributed by atoms with E-state index in [1.54, 1.807) is 31.4 Å². The molecule has 0 aliphatic rings. The van der Waals surface area contributed by atoms with E-state index in [2.05, 4.69) is 5.32 Å². The molecular weight excluding hydrogens is 372 g/mol. The molecule has 0 unspecified atom stereocenters. The maximum absolute atomic E-state index is 13.2. The molecule has 0 fully saturated rings. The average molecular weight is 389 g/mol. The molecule has 4 aromatic rings. The van der Waals surface area contributed by atoms with Crippen LogP contribution in [0.3, 0.4) is 0 Å². The molecule has 0 aliphatic heterocycles. The van der Waals surface area contributed by atoms with E-state index in [0.717, 1.165) is 16.5 Å². The first kappa shape index (κ1) is 18.0. The summed E-state index contributed by atoms with van der Waals surface area (Å²) < 4.78 is 5.16. The Balaban J connectivity index is 1.83. The summed E-state index contributed by atoms with van der Waals surface area (Å²) in [6.45, 7) is 0. The Bertz CT molecular complexity index is 1140. The fraction of sp³-hybridized carbons (Fsp3) is 0.0435. The zero-order valence-corrected chi connectivity index (χ0v) is 15.9. The minimum Gasteiger partial charge on any atom is -0.497 e. The third kappa shape index (κ3) is 3.42. The Kier molecular flexibility index (Phi) is 4.96. The van der Waals surface area contributed by atoms with E-state index in [9.17, 15) is 4.79 Å². The molecule has 1 aromatic heterocycles. The Morgan fingerprint density at radius 2 is 1.61 bits per heavy atom. The number of carbonyl (C=O) groups excluding carboxylic acids is 1. The predicted molar refractivity (Wildman–Crippen MR) is 113 cm³/mol. The van der Waals surface area contributed by atoms with Crippen molar-refractivity contribution in [3.63, 3.8) is 0 Å². The first-order valence-corrected chi connectivity index (χ1v) is 9.14. The van der Waals surface area contributed by atoms with Crippen molar-refractivity contribution < 1.29 is 9.53 Å². The molecule has 0 bridgehead atoms. The van der Waals surface area contributed by atoms with Crippen LogP contribution in [0.5, 0.6) is 5.75 Å². The smallest absolute Gasteiger partial charge is 0.259 e.